The first kappa shape index (κ1) is 12.5. The van der Waals surface area contributed by atoms with Crippen LogP contribution >= 0.6 is 0 Å². The van der Waals surface area contributed by atoms with E-state index < -0.39 is 0 Å². The minimum Gasteiger partial charge on any atom is -0.463 e. The number of carbonyl (C=O) groups is 1. The Bertz CT molecular complexity index is 188. The molecule has 0 amide bonds. The Balaban J connectivity index is 2.05. The molecule has 1 heterocycles. The van der Waals surface area contributed by atoms with Gasteiger partial charge in [-0.3, -0.25) is 4.79 Å². The standard InChI is InChI=1S/C11H21NO3/c1-9(12)5-6-11(13)15-8-10-4-2-3-7-14-10/h9-10H,2-8,12H2,1H3. The molecule has 2 N–H and O–H groups in total. The van der Waals surface area contributed by atoms with Gasteiger partial charge in [-0.2, -0.15) is 0 Å². The van der Waals surface area contributed by atoms with Crippen LogP contribution in [0.4, 0.5) is 0 Å². The summed E-state index contributed by atoms with van der Waals surface area (Å²) in [5, 5.41) is 0. The van der Waals surface area contributed by atoms with E-state index in [1.807, 2.05) is 6.92 Å². The Kier molecular flexibility index (Phi) is 5.65. The molecule has 2 unspecified atom stereocenters. The van der Waals surface area contributed by atoms with Gasteiger partial charge in [0.25, 0.3) is 0 Å². The van der Waals surface area contributed by atoms with E-state index in [9.17, 15) is 4.79 Å². The van der Waals surface area contributed by atoms with E-state index >= 15 is 0 Å². The monoisotopic (exact) mass is 215 g/mol. The molecule has 0 spiro atoms. The Morgan fingerprint density at radius 3 is 3.00 bits per heavy atom. The molecule has 0 saturated carbocycles. The van der Waals surface area contributed by atoms with Gasteiger partial charge in [-0.1, -0.05) is 0 Å². The van der Waals surface area contributed by atoms with Crippen molar-refractivity contribution in [2.45, 2.75) is 51.2 Å². The van der Waals surface area contributed by atoms with Crippen LogP contribution in [-0.4, -0.2) is 31.3 Å². The maximum Gasteiger partial charge on any atom is 0.305 e. The second kappa shape index (κ2) is 6.80. The number of esters is 1. The van der Waals surface area contributed by atoms with Crippen molar-refractivity contribution in [1.29, 1.82) is 0 Å². The molecule has 2 atom stereocenters. The van der Waals surface area contributed by atoms with Gasteiger partial charge in [0.05, 0.1) is 6.10 Å². The van der Waals surface area contributed by atoms with Crippen LogP contribution in [0.3, 0.4) is 0 Å². The third kappa shape index (κ3) is 5.74. The molecular formula is C11H21NO3. The fraction of sp³-hybridized carbons (Fsp3) is 0.909. The normalized spacial score (nSPS) is 23.5. The van der Waals surface area contributed by atoms with Gasteiger partial charge in [0, 0.05) is 19.1 Å². The van der Waals surface area contributed by atoms with Crippen molar-refractivity contribution in [1.82, 2.24) is 0 Å². The molecule has 0 radical (unpaired) electrons. The fourth-order valence-corrected chi connectivity index (χ4v) is 1.54. The highest BCUT2D eigenvalue weighted by Gasteiger charge is 2.15. The third-order valence-corrected chi connectivity index (χ3v) is 2.51. The number of nitrogens with two attached hydrogens (primary N) is 1. The van der Waals surface area contributed by atoms with Crippen molar-refractivity contribution in [2.24, 2.45) is 5.73 Å². The predicted molar refractivity (Wildman–Crippen MR) is 57.4 cm³/mol. The van der Waals surface area contributed by atoms with E-state index in [1.165, 1.54) is 6.42 Å². The van der Waals surface area contributed by atoms with Crippen LogP contribution < -0.4 is 5.73 Å². The topological polar surface area (TPSA) is 61.6 Å². The molecule has 4 nitrogen and oxygen atoms in total. The summed E-state index contributed by atoms with van der Waals surface area (Å²) in [6.45, 7) is 3.08. The highest BCUT2D eigenvalue weighted by atomic mass is 16.6. The molecule has 1 aliphatic rings. The van der Waals surface area contributed by atoms with Crippen molar-refractivity contribution in [3.8, 4) is 0 Å². The lowest BCUT2D eigenvalue weighted by Crippen LogP contribution is -2.26. The Morgan fingerprint density at radius 2 is 2.40 bits per heavy atom. The summed E-state index contributed by atoms with van der Waals surface area (Å²) in [4.78, 5) is 11.3. The largest absolute Gasteiger partial charge is 0.463 e. The zero-order valence-corrected chi connectivity index (χ0v) is 9.41. The maximum atomic E-state index is 11.3. The van der Waals surface area contributed by atoms with Crippen LogP contribution in [-0.2, 0) is 14.3 Å². The second-order valence-corrected chi connectivity index (χ2v) is 4.19. The number of hydrogen-bond donors (Lipinski definition) is 1. The Labute approximate surface area is 91.1 Å². The van der Waals surface area contributed by atoms with Gasteiger partial charge in [-0.05, 0) is 32.6 Å². The minimum absolute atomic E-state index is 0.0588. The second-order valence-electron chi connectivity index (χ2n) is 4.19. The van der Waals surface area contributed by atoms with Crippen molar-refractivity contribution in [2.75, 3.05) is 13.2 Å². The van der Waals surface area contributed by atoms with Crippen LogP contribution in [0.2, 0.25) is 0 Å². The summed E-state index contributed by atoms with van der Waals surface area (Å²) in [7, 11) is 0. The predicted octanol–water partition coefficient (Wildman–Crippen LogP) is 1.23. The first-order valence-corrected chi connectivity index (χ1v) is 5.71. The SMILES string of the molecule is CC(N)CCC(=O)OCC1CCCCO1. The maximum absolute atomic E-state index is 11.3. The zero-order chi connectivity index (χ0) is 11.1. The molecule has 4 heteroatoms. The van der Waals surface area contributed by atoms with E-state index in [2.05, 4.69) is 0 Å². The number of ether oxygens (including phenoxy) is 2. The summed E-state index contributed by atoms with van der Waals surface area (Å²) >= 11 is 0. The van der Waals surface area contributed by atoms with E-state index in [4.69, 9.17) is 15.2 Å². The molecule has 0 aromatic rings. The Morgan fingerprint density at radius 1 is 1.60 bits per heavy atom. The van der Waals surface area contributed by atoms with Gasteiger partial charge in [0.15, 0.2) is 0 Å². The van der Waals surface area contributed by atoms with Crippen molar-refractivity contribution in [3.63, 3.8) is 0 Å². The summed E-state index contributed by atoms with van der Waals surface area (Å²) in [6.07, 6.45) is 4.49. The van der Waals surface area contributed by atoms with Gasteiger partial charge in [-0.25, -0.2) is 0 Å². The molecule has 0 bridgehead atoms. The van der Waals surface area contributed by atoms with Gasteiger partial charge in [0.2, 0.25) is 0 Å². The molecule has 1 saturated heterocycles. The molecule has 1 aliphatic heterocycles. The molecule has 15 heavy (non-hydrogen) atoms. The Hall–Kier alpha value is -0.610. The van der Waals surface area contributed by atoms with Crippen LogP contribution in [0, 0.1) is 0 Å². The summed E-state index contributed by atoms with van der Waals surface area (Å²) in [6, 6.07) is 0.0588. The fourth-order valence-electron chi connectivity index (χ4n) is 1.54. The summed E-state index contributed by atoms with van der Waals surface area (Å²) in [5.74, 6) is -0.165. The van der Waals surface area contributed by atoms with Crippen molar-refractivity contribution >= 4 is 5.97 Å². The van der Waals surface area contributed by atoms with Gasteiger partial charge >= 0.3 is 5.97 Å². The molecular weight excluding hydrogens is 194 g/mol. The number of carbonyl (C=O) groups excluding carboxylic acids is 1. The number of hydrogen-bond acceptors (Lipinski definition) is 4. The molecule has 1 fully saturated rings. The zero-order valence-electron chi connectivity index (χ0n) is 9.41. The van der Waals surface area contributed by atoms with E-state index in [-0.39, 0.29) is 18.1 Å². The van der Waals surface area contributed by atoms with Crippen LogP contribution in [0.1, 0.15) is 39.0 Å². The molecule has 88 valence electrons. The number of rotatable bonds is 5. The third-order valence-electron chi connectivity index (χ3n) is 2.51. The van der Waals surface area contributed by atoms with Crippen LogP contribution in [0.5, 0.6) is 0 Å². The van der Waals surface area contributed by atoms with E-state index in [0.717, 1.165) is 19.4 Å². The smallest absolute Gasteiger partial charge is 0.305 e. The minimum atomic E-state index is -0.165. The van der Waals surface area contributed by atoms with Crippen LogP contribution in [0.15, 0.2) is 0 Å². The lowest BCUT2D eigenvalue weighted by atomic mass is 10.1. The quantitative estimate of drug-likeness (QED) is 0.701. The van der Waals surface area contributed by atoms with E-state index in [1.54, 1.807) is 0 Å². The average molecular weight is 215 g/mol. The molecule has 0 aromatic heterocycles. The lowest BCUT2D eigenvalue weighted by Gasteiger charge is -2.22. The molecule has 0 aromatic carbocycles. The first-order chi connectivity index (χ1) is 7.18. The van der Waals surface area contributed by atoms with Crippen molar-refractivity contribution in [3.05, 3.63) is 0 Å². The van der Waals surface area contributed by atoms with Crippen LogP contribution in [0.25, 0.3) is 0 Å². The van der Waals surface area contributed by atoms with Gasteiger partial charge < -0.3 is 15.2 Å². The molecule has 1 rings (SSSR count). The lowest BCUT2D eigenvalue weighted by molar-refractivity contribution is -0.149. The van der Waals surface area contributed by atoms with E-state index in [0.29, 0.717) is 19.4 Å². The highest BCUT2D eigenvalue weighted by Crippen LogP contribution is 2.13. The van der Waals surface area contributed by atoms with Gasteiger partial charge in [-0.15, -0.1) is 0 Å². The highest BCUT2D eigenvalue weighted by molar-refractivity contribution is 5.69. The summed E-state index contributed by atoms with van der Waals surface area (Å²) < 4.78 is 10.6. The molecule has 0 aliphatic carbocycles. The average Bonchev–Trinajstić information content (AvgIpc) is 2.25. The first-order valence-electron chi connectivity index (χ1n) is 5.71. The van der Waals surface area contributed by atoms with Crippen molar-refractivity contribution < 1.29 is 14.3 Å². The van der Waals surface area contributed by atoms with Gasteiger partial charge in [0.1, 0.15) is 6.61 Å². The summed E-state index contributed by atoms with van der Waals surface area (Å²) in [5.41, 5.74) is 5.55.